The molecule has 1 N–H and O–H groups in total. The Morgan fingerprint density at radius 2 is 2.14 bits per heavy atom. The SMILES string of the molecule is CCCNC(Cc1cccc(C)c1)c1c(Br)cnn1CC. The highest BCUT2D eigenvalue weighted by atomic mass is 79.9. The lowest BCUT2D eigenvalue weighted by Crippen LogP contribution is -2.27. The van der Waals surface area contributed by atoms with E-state index >= 15 is 0 Å². The van der Waals surface area contributed by atoms with E-state index < -0.39 is 0 Å². The van der Waals surface area contributed by atoms with Gasteiger partial charge < -0.3 is 5.32 Å². The fourth-order valence-electron chi connectivity index (χ4n) is 2.63. The molecule has 0 fully saturated rings. The zero-order valence-corrected chi connectivity index (χ0v) is 14.7. The van der Waals surface area contributed by atoms with Crippen LogP contribution < -0.4 is 5.32 Å². The Balaban J connectivity index is 2.27. The van der Waals surface area contributed by atoms with E-state index in [0.29, 0.717) is 0 Å². The van der Waals surface area contributed by atoms with E-state index in [0.717, 1.165) is 30.4 Å². The van der Waals surface area contributed by atoms with Crippen LogP contribution in [0.3, 0.4) is 0 Å². The normalized spacial score (nSPS) is 12.6. The topological polar surface area (TPSA) is 29.9 Å². The number of nitrogens with one attached hydrogen (secondary N) is 1. The number of aromatic nitrogens is 2. The third kappa shape index (κ3) is 4.17. The van der Waals surface area contributed by atoms with Crippen molar-refractivity contribution in [1.29, 1.82) is 0 Å². The summed E-state index contributed by atoms with van der Waals surface area (Å²) in [5.74, 6) is 0. The van der Waals surface area contributed by atoms with E-state index in [1.165, 1.54) is 16.8 Å². The smallest absolute Gasteiger partial charge is 0.0698 e. The Labute approximate surface area is 135 Å². The van der Waals surface area contributed by atoms with Crippen molar-refractivity contribution in [2.24, 2.45) is 0 Å². The van der Waals surface area contributed by atoms with Crippen LogP contribution in [0.5, 0.6) is 0 Å². The van der Waals surface area contributed by atoms with Gasteiger partial charge in [-0.05, 0) is 54.7 Å². The molecule has 0 saturated carbocycles. The van der Waals surface area contributed by atoms with Crippen LogP contribution in [-0.2, 0) is 13.0 Å². The van der Waals surface area contributed by atoms with Crippen LogP contribution in [0.15, 0.2) is 34.9 Å². The molecule has 1 heterocycles. The van der Waals surface area contributed by atoms with Gasteiger partial charge >= 0.3 is 0 Å². The van der Waals surface area contributed by atoms with E-state index in [4.69, 9.17) is 0 Å². The maximum atomic E-state index is 4.45. The first kappa shape index (κ1) is 16.2. The first-order valence-electron chi connectivity index (χ1n) is 7.65. The monoisotopic (exact) mass is 349 g/mol. The molecule has 1 aromatic carbocycles. The maximum absolute atomic E-state index is 4.45. The zero-order valence-electron chi connectivity index (χ0n) is 13.1. The second kappa shape index (κ2) is 7.76. The molecule has 114 valence electrons. The Hall–Kier alpha value is -1.13. The summed E-state index contributed by atoms with van der Waals surface area (Å²) in [6.45, 7) is 8.37. The van der Waals surface area contributed by atoms with Crippen molar-refractivity contribution >= 4 is 15.9 Å². The van der Waals surface area contributed by atoms with Crippen molar-refractivity contribution in [2.75, 3.05) is 6.54 Å². The maximum Gasteiger partial charge on any atom is 0.0698 e. The molecule has 2 aromatic rings. The van der Waals surface area contributed by atoms with Gasteiger partial charge in [0.2, 0.25) is 0 Å². The van der Waals surface area contributed by atoms with Crippen molar-refractivity contribution in [2.45, 2.75) is 46.2 Å². The van der Waals surface area contributed by atoms with Gasteiger partial charge in [0, 0.05) is 6.54 Å². The Morgan fingerprint density at radius 1 is 1.33 bits per heavy atom. The molecule has 0 aliphatic rings. The predicted octanol–water partition coefficient (Wildman–Crippen LogP) is 4.26. The highest BCUT2D eigenvalue weighted by Crippen LogP contribution is 2.26. The average molecular weight is 350 g/mol. The van der Waals surface area contributed by atoms with E-state index in [1.54, 1.807) is 0 Å². The van der Waals surface area contributed by atoms with Crippen LogP contribution in [0.25, 0.3) is 0 Å². The van der Waals surface area contributed by atoms with E-state index in [1.807, 2.05) is 6.20 Å². The lowest BCUT2D eigenvalue weighted by molar-refractivity contribution is 0.477. The molecular weight excluding hydrogens is 326 g/mol. The molecule has 3 nitrogen and oxygen atoms in total. The molecule has 1 atom stereocenters. The summed E-state index contributed by atoms with van der Waals surface area (Å²) in [5.41, 5.74) is 3.91. The summed E-state index contributed by atoms with van der Waals surface area (Å²) in [4.78, 5) is 0. The van der Waals surface area contributed by atoms with Crippen molar-refractivity contribution in [3.05, 3.63) is 51.8 Å². The van der Waals surface area contributed by atoms with Crippen molar-refractivity contribution < 1.29 is 0 Å². The third-order valence-electron chi connectivity index (χ3n) is 3.63. The molecule has 4 heteroatoms. The number of nitrogens with zero attached hydrogens (tertiary/aromatic N) is 2. The molecule has 1 unspecified atom stereocenters. The van der Waals surface area contributed by atoms with Crippen LogP contribution >= 0.6 is 15.9 Å². The third-order valence-corrected chi connectivity index (χ3v) is 4.24. The number of benzene rings is 1. The number of hydrogen-bond acceptors (Lipinski definition) is 2. The summed E-state index contributed by atoms with van der Waals surface area (Å²) in [6, 6.07) is 9.02. The second-order valence-electron chi connectivity index (χ2n) is 5.39. The highest BCUT2D eigenvalue weighted by molar-refractivity contribution is 9.10. The molecule has 0 radical (unpaired) electrons. The Kier molecular flexibility index (Phi) is 6.00. The van der Waals surface area contributed by atoms with Gasteiger partial charge in [0.05, 0.1) is 22.4 Å². The molecule has 2 rings (SSSR count). The average Bonchev–Trinajstić information content (AvgIpc) is 2.84. The summed E-state index contributed by atoms with van der Waals surface area (Å²) < 4.78 is 3.17. The predicted molar refractivity (Wildman–Crippen MR) is 91.5 cm³/mol. The molecule has 0 aliphatic carbocycles. The number of rotatable bonds is 7. The molecule has 0 spiro atoms. The summed E-state index contributed by atoms with van der Waals surface area (Å²) >= 11 is 3.65. The van der Waals surface area contributed by atoms with Gasteiger partial charge in [0.15, 0.2) is 0 Å². The van der Waals surface area contributed by atoms with Gasteiger partial charge in [-0.1, -0.05) is 36.8 Å². The molecule has 0 saturated heterocycles. The molecule has 21 heavy (non-hydrogen) atoms. The highest BCUT2D eigenvalue weighted by Gasteiger charge is 2.19. The van der Waals surface area contributed by atoms with Crippen molar-refractivity contribution in [1.82, 2.24) is 15.1 Å². The van der Waals surface area contributed by atoms with Crippen LogP contribution in [0.4, 0.5) is 0 Å². The first-order chi connectivity index (χ1) is 10.2. The molecule has 0 aliphatic heterocycles. The standard InChI is InChI=1S/C17H24BrN3/c1-4-9-19-16(11-14-8-6-7-13(3)10-14)17-15(18)12-20-21(17)5-2/h6-8,10,12,16,19H,4-5,9,11H2,1-3H3. The van der Waals surface area contributed by atoms with E-state index in [9.17, 15) is 0 Å². The number of halogens is 1. The quantitative estimate of drug-likeness (QED) is 0.809. The van der Waals surface area contributed by atoms with E-state index in [-0.39, 0.29) is 6.04 Å². The van der Waals surface area contributed by atoms with Gasteiger partial charge in [0.25, 0.3) is 0 Å². The van der Waals surface area contributed by atoms with Crippen molar-refractivity contribution in [3.63, 3.8) is 0 Å². The lowest BCUT2D eigenvalue weighted by Gasteiger charge is -2.21. The minimum absolute atomic E-state index is 0.281. The van der Waals surface area contributed by atoms with Gasteiger partial charge in [-0.3, -0.25) is 4.68 Å². The van der Waals surface area contributed by atoms with Gasteiger partial charge in [-0.15, -0.1) is 0 Å². The van der Waals surface area contributed by atoms with Crippen LogP contribution in [0.1, 0.15) is 43.1 Å². The summed E-state index contributed by atoms with van der Waals surface area (Å²) in [7, 11) is 0. The molecule has 0 bridgehead atoms. The lowest BCUT2D eigenvalue weighted by atomic mass is 10.0. The minimum atomic E-state index is 0.281. The molecular formula is C17H24BrN3. The Morgan fingerprint density at radius 3 is 2.81 bits per heavy atom. The van der Waals surface area contributed by atoms with E-state index in [2.05, 4.69) is 76.1 Å². The first-order valence-corrected chi connectivity index (χ1v) is 8.45. The Bertz CT molecular complexity index is 577. The zero-order chi connectivity index (χ0) is 15.2. The largest absolute Gasteiger partial charge is 0.308 e. The van der Waals surface area contributed by atoms with Gasteiger partial charge in [-0.25, -0.2) is 0 Å². The van der Waals surface area contributed by atoms with Gasteiger partial charge in [0.1, 0.15) is 0 Å². The molecule has 1 aromatic heterocycles. The van der Waals surface area contributed by atoms with Crippen LogP contribution in [0, 0.1) is 6.92 Å². The summed E-state index contributed by atoms with van der Waals surface area (Å²) in [5, 5.41) is 8.12. The van der Waals surface area contributed by atoms with Crippen molar-refractivity contribution in [3.8, 4) is 0 Å². The van der Waals surface area contributed by atoms with Crippen LogP contribution in [-0.4, -0.2) is 16.3 Å². The number of hydrogen-bond donors (Lipinski definition) is 1. The number of aryl methyl sites for hydroxylation is 2. The second-order valence-corrected chi connectivity index (χ2v) is 6.25. The molecule has 0 amide bonds. The summed E-state index contributed by atoms with van der Waals surface area (Å²) in [6.07, 6.45) is 4.00. The fourth-order valence-corrected chi connectivity index (χ4v) is 3.20. The minimum Gasteiger partial charge on any atom is -0.308 e. The fraction of sp³-hybridized carbons (Fsp3) is 0.471. The van der Waals surface area contributed by atoms with Gasteiger partial charge in [-0.2, -0.15) is 5.10 Å². The van der Waals surface area contributed by atoms with Crippen LogP contribution in [0.2, 0.25) is 0 Å².